The zero-order chi connectivity index (χ0) is 14.9. The van der Waals surface area contributed by atoms with Crippen molar-refractivity contribution in [2.45, 2.75) is 77.2 Å². The molecule has 1 saturated heterocycles. The molecule has 118 valence electrons. The standard InChI is InChI=1S/C17H29N3O/c1-13(2)20-11-9-17(10-12-20,15-7-5-4-6-8-15)16-19-18-14(3)21-16/h13,15H,4-12H2,1-3H3. The number of hydrogen-bond acceptors (Lipinski definition) is 4. The summed E-state index contributed by atoms with van der Waals surface area (Å²) in [5, 5.41) is 8.58. The van der Waals surface area contributed by atoms with Gasteiger partial charge in [-0.05, 0) is 58.5 Å². The Balaban J connectivity index is 1.85. The van der Waals surface area contributed by atoms with Crippen molar-refractivity contribution in [3.63, 3.8) is 0 Å². The van der Waals surface area contributed by atoms with Crippen molar-refractivity contribution in [1.82, 2.24) is 15.1 Å². The van der Waals surface area contributed by atoms with Gasteiger partial charge in [0.25, 0.3) is 0 Å². The number of aromatic nitrogens is 2. The molecule has 0 aromatic carbocycles. The van der Waals surface area contributed by atoms with E-state index in [1.54, 1.807) is 0 Å². The highest BCUT2D eigenvalue weighted by atomic mass is 16.4. The van der Waals surface area contributed by atoms with E-state index in [4.69, 9.17) is 4.42 Å². The Bertz CT molecular complexity index is 454. The minimum Gasteiger partial charge on any atom is -0.425 e. The highest BCUT2D eigenvalue weighted by molar-refractivity contribution is 5.11. The Kier molecular flexibility index (Phi) is 4.34. The fourth-order valence-electron chi connectivity index (χ4n) is 4.39. The van der Waals surface area contributed by atoms with Gasteiger partial charge in [-0.3, -0.25) is 0 Å². The lowest BCUT2D eigenvalue weighted by Gasteiger charge is -2.46. The summed E-state index contributed by atoms with van der Waals surface area (Å²) in [4.78, 5) is 2.59. The van der Waals surface area contributed by atoms with E-state index in [9.17, 15) is 0 Å². The highest BCUT2D eigenvalue weighted by Gasteiger charge is 2.47. The summed E-state index contributed by atoms with van der Waals surface area (Å²) in [6.45, 7) is 8.83. The second kappa shape index (κ2) is 6.07. The van der Waals surface area contributed by atoms with Crippen LogP contribution in [0.5, 0.6) is 0 Å². The van der Waals surface area contributed by atoms with E-state index in [1.807, 2.05) is 6.92 Å². The molecule has 0 unspecified atom stereocenters. The predicted octanol–water partition coefficient (Wildman–Crippen LogP) is 3.70. The second-order valence-electron chi connectivity index (χ2n) is 7.25. The summed E-state index contributed by atoms with van der Waals surface area (Å²) in [6, 6.07) is 0.638. The largest absolute Gasteiger partial charge is 0.425 e. The topological polar surface area (TPSA) is 42.2 Å². The molecule has 1 aliphatic carbocycles. The Morgan fingerprint density at radius 1 is 1.10 bits per heavy atom. The van der Waals surface area contributed by atoms with Gasteiger partial charge in [-0.2, -0.15) is 0 Å². The first-order valence-electron chi connectivity index (χ1n) is 8.66. The third kappa shape index (κ3) is 2.87. The number of rotatable bonds is 3. The normalized spacial score (nSPS) is 24.6. The van der Waals surface area contributed by atoms with Crippen molar-refractivity contribution in [2.75, 3.05) is 13.1 Å². The van der Waals surface area contributed by atoms with Gasteiger partial charge in [-0.25, -0.2) is 0 Å². The van der Waals surface area contributed by atoms with Gasteiger partial charge in [-0.1, -0.05) is 19.3 Å². The van der Waals surface area contributed by atoms with Crippen molar-refractivity contribution >= 4 is 0 Å². The summed E-state index contributed by atoms with van der Waals surface area (Å²) in [7, 11) is 0. The maximum absolute atomic E-state index is 5.93. The molecule has 1 saturated carbocycles. The van der Waals surface area contributed by atoms with Crippen LogP contribution in [0, 0.1) is 12.8 Å². The molecule has 4 nitrogen and oxygen atoms in total. The summed E-state index contributed by atoms with van der Waals surface area (Å²) in [5.41, 5.74) is 0.146. The van der Waals surface area contributed by atoms with Gasteiger partial charge in [0, 0.05) is 13.0 Å². The van der Waals surface area contributed by atoms with E-state index in [0.29, 0.717) is 11.9 Å². The number of nitrogens with zero attached hydrogens (tertiary/aromatic N) is 3. The summed E-state index contributed by atoms with van der Waals surface area (Å²) in [6.07, 6.45) is 9.16. The van der Waals surface area contributed by atoms with Crippen LogP contribution in [0.2, 0.25) is 0 Å². The quantitative estimate of drug-likeness (QED) is 0.851. The number of hydrogen-bond donors (Lipinski definition) is 0. The van der Waals surface area contributed by atoms with E-state index >= 15 is 0 Å². The van der Waals surface area contributed by atoms with E-state index in [0.717, 1.165) is 24.9 Å². The fraction of sp³-hybridized carbons (Fsp3) is 0.882. The van der Waals surface area contributed by atoms with Crippen LogP contribution in [0.1, 0.15) is 70.6 Å². The van der Waals surface area contributed by atoms with Crippen LogP contribution in [0.25, 0.3) is 0 Å². The average molecular weight is 291 g/mol. The molecule has 2 aliphatic rings. The van der Waals surface area contributed by atoms with Gasteiger partial charge in [0.1, 0.15) is 0 Å². The van der Waals surface area contributed by atoms with Gasteiger partial charge < -0.3 is 9.32 Å². The minimum atomic E-state index is 0.146. The van der Waals surface area contributed by atoms with Crippen molar-refractivity contribution in [3.8, 4) is 0 Å². The molecular weight excluding hydrogens is 262 g/mol. The summed E-state index contributed by atoms with van der Waals surface area (Å²) in [5.74, 6) is 2.38. The Morgan fingerprint density at radius 2 is 1.76 bits per heavy atom. The average Bonchev–Trinajstić information content (AvgIpc) is 2.95. The molecule has 0 atom stereocenters. The molecule has 0 amide bonds. The summed E-state index contributed by atoms with van der Waals surface area (Å²) < 4.78 is 5.93. The lowest BCUT2D eigenvalue weighted by molar-refractivity contribution is 0.0577. The van der Waals surface area contributed by atoms with Crippen molar-refractivity contribution in [2.24, 2.45) is 5.92 Å². The fourth-order valence-corrected chi connectivity index (χ4v) is 4.39. The third-order valence-electron chi connectivity index (χ3n) is 5.76. The molecule has 0 N–H and O–H groups in total. The smallest absolute Gasteiger partial charge is 0.223 e. The monoisotopic (exact) mass is 291 g/mol. The van der Waals surface area contributed by atoms with Gasteiger partial charge in [0.15, 0.2) is 0 Å². The van der Waals surface area contributed by atoms with Crippen molar-refractivity contribution in [3.05, 3.63) is 11.8 Å². The van der Waals surface area contributed by atoms with Crippen LogP contribution in [0.15, 0.2) is 4.42 Å². The highest BCUT2D eigenvalue weighted by Crippen LogP contribution is 2.47. The predicted molar refractivity (Wildman–Crippen MR) is 83.2 cm³/mol. The Hall–Kier alpha value is -0.900. The first-order chi connectivity index (χ1) is 10.1. The maximum atomic E-state index is 5.93. The molecule has 4 heteroatoms. The van der Waals surface area contributed by atoms with Gasteiger partial charge in [0.2, 0.25) is 11.8 Å². The van der Waals surface area contributed by atoms with E-state index in [-0.39, 0.29) is 5.41 Å². The van der Waals surface area contributed by atoms with Crippen LogP contribution in [-0.4, -0.2) is 34.2 Å². The molecule has 2 fully saturated rings. The number of aryl methyl sites for hydroxylation is 1. The third-order valence-corrected chi connectivity index (χ3v) is 5.76. The molecule has 2 heterocycles. The first-order valence-corrected chi connectivity index (χ1v) is 8.66. The maximum Gasteiger partial charge on any atom is 0.223 e. The lowest BCUT2D eigenvalue weighted by atomic mass is 9.63. The molecule has 3 rings (SSSR count). The lowest BCUT2D eigenvalue weighted by Crippen LogP contribution is -2.49. The van der Waals surface area contributed by atoms with Crippen LogP contribution < -0.4 is 0 Å². The number of likely N-dealkylation sites (tertiary alicyclic amines) is 1. The molecule has 21 heavy (non-hydrogen) atoms. The Morgan fingerprint density at radius 3 is 2.29 bits per heavy atom. The zero-order valence-corrected chi connectivity index (χ0v) is 13.8. The van der Waals surface area contributed by atoms with E-state index < -0.39 is 0 Å². The molecule has 0 spiro atoms. The zero-order valence-electron chi connectivity index (χ0n) is 13.8. The van der Waals surface area contributed by atoms with Crippen molar-refractivity contribution < 1.29 is 4.42 Å². The molecule has 1 aliphatic heterocycles. The van der Waals surface area contributed by atoms with Crippen molar-refractivity contribution in [1.29, 1.82) is 0 Å². The Labute approximate surface area is 128 Å². The van der Waals surface area contributed by atoms with Gasteiger partial charge in [-0.15, -0.1) is 10.2 Å². The molecule has 1 aromatic rings. The molecular formula is C17H29N3O. The van der Waals surface area contributed by atoms with Gasteiger partial charge >= 0.3 is 0 Å². The van der Waals surface area contributed by atoms with Crippen LogP contribution in [0.4, 0.5) is 0 Å². The minimum absolute atomic E-state index is 0.146. The van der Waals surface area contributed by atoms with Crippen LogP contribution >= 0.6 is 0 Å². The number of piperidine rings is 1. The van der Waals surface area contributed by atoms with E-state index in [2.05, 4.69) is 28.9 Å². The van der Waals surface area contributed by atoms with Crippen LogP contribution in [0.3, 0.4) is 0 Å². The van der Waals surface area contributed by atoms with E-state index in [1.165, 1.54) is 44.9 Å². The van der Waals surface area contributed by atoms with Gasteiger partial charge in [0.05, 0.1) is 5.41 Å². The molecule has 0 bridgehead atoms. The first kappa shape index (κ1) is 15.0. The molecule has 1 aromatic heterocycles. The summed E-state index contributed by atoms with van der Waals surface area (Å²) >= 11 is 0. The second-order valence-corrected chi connectivity index (χ2v) is 7.25. The van der Waals surface area contributed by atoms with Crippen LogP contribution in [-0.2, 0) is 5.41 Å². The molecule has 0 radical (unpaired) electrons. The SMILES string of the molecule is Cc1nnc(C2(C3CCCCC3)CCN(C(C)C)CC2)o1.